The van der Waals surface area contributed by atoms with Crippen molar-refractivity contribution in [3.05, 3.63) is 102 Å². The largest absolute Gasteiger partial charge is 0.512 e. The molecule has 6 rings (SSSR count). The zero-order chi connectivity index (χ0) is 27.7. The van der Waals surface area contributed by atoms with E-state index in [1.165, 1.54) is 40.6 Å². The molecule has 3 aromatic heterocycles. The molecule has 3 heterocycles. The van der Waals surface area contributed by atoms with Gasteiger partial charge in [-0.25, -0.2) is 0 Å². The SMILES string of the molecule is CC(=O)/C=C(/C)O.CC(C)(C)c1ccc(-c2cc3nc(-c4[c-]ccc5c4oc4ccccc45)ccc3s2)cc1.[Ir]. The number of aliphatic hydroxyl groups is 1. The van der Waals surface area contributed by atoms with Gasteiger partial charge in [0.15, 0.2) is 5.78 Å². The number of fused-ring (bicyclic) bond motifs is 4. The van der Waals surface area contributed by atoms with E-state index >= 15 is 0 Å². The summed E-state index contributed by atoms with van der Waals surface area (Å²) in [5.74, 6) is -0.0625. The Bertz CT molecular complexity index is 1840. The molecule has 0 spiro atoms. The molecule has 0 amide bonds. The van der Waals surface area contributed by atoms with Crippen molar-refractivity contribution >= 4 is 49.3 Å². The second kappa shape index (κ2) is 11.9. The van der Waals surface area contributed by atoms with Gasteiger partial charge in [-0.2, -0.15) is 0 Å². The van der Waals surface area contributed by atoms with Crippen molar-refractivity contribution < 1.29 is 34.4 Å². The van der Waals surface area contributed by atoms with Gasteiger partial charge in [0.2, 0.25) is 0 Å². The number of carbonyl (C=O) groups is 1. The molecule has 0 aliphatic heterocycles. The number of para-hydroxylation sites is 1. The molecular formula is C34H30IrNO3S-. The molecular weight excluding hydrogens is 695 g/mol. The average Bonchev–Trinajstić information content (AvgIpc) is 3.49. The Morgan fingerprint density at radius 2 is 1.70 bits per heavy atom. The number of nitrogens with zero attached hydrogens (tertiary/aromatic N) is 1. The van der Waals surface area contributed by atoms with E-state index in [-0.39, 0.29) is 37.1 Å². The van der Waals surface area contributed by atoms with Crippen molar-refractivity contribution in [1.29, 1.82) is 0 Å². The number of ketones is 1. The van der Waals surface area contributed by atoms with Crippen molar-refractivity contribution in [2.75, 3.05) is 0 Å². The van der Waals surface area contributed by atoms with Crippen LogP contribution >= 0.6 is 11.3 Å². The maximum Gasteiger partial charge on any atom is 0.155 e. The third kappa shape index (κ3) is 6.26. The molecule has 4 nitrogen and oxygen atoms in total. The van der Waals surface area contributed by atoms with Gasteiger partial charge < -0.3 is 9.52 Å². The molecule has 205 valence electrons. The van der Waals surface area contributed by atoms with Crippen molar-refractivity contribution in [2.24, 2.45) is 0 Å². The molecule has 0 fully saturated rings. The number of pyridine rings is 1. The van der Waals surface area contributed by atoms with Crippen molar-refractivity contribution in [3.63, 3.8) is 0 Å². The summed E-state index contributed by atoms with van der Waals surface area (Å²) < 4.78 is 7.38. The Hall–Kier alpha value is -3.57. The summed E-state index contributed by atoms with van der Waals surface area (Å²) in [4.78, 5) is 16.2. The number of carbonyl (C=O) groups excluding carboxylic acids is 1. The molecule has 3 aromatic carbocycles. The fourth-order valence-corrected chi connectivity index (χ4v) is 5.52. The molecule has 0 unspecified atom stereocenters. The molecule has 0 saturated heterocycles. The first-order valence-corrected chi connectivity index (χ1v) is 13.6. The van der Waals surface area contributed by atoms with Crippen molar-refractivity contribution in [1.82, 2.24) is 4.98 Å². The van der Waals surface area contributed by atoms with Gasteiger partial charge >= 0.3 is 0 Å². The summed E-state index contributed by atoms with van der Waals surface area (Å²) >= 11 is 1.78. The molecule has 6 heteroatoms. The molecule has 0 aliphatic carbocycles. The van der Waals surface area contributed by atoms with Crippen LogP contribution in [0, 0.1) is 6.07 Å². The van der Waals surface area contributed by atoms with Gasteiger partial charge in [-0.1, -0.05) is 80.3 Å². The number of rotatable bonds is 3. The van der Waals surface area contributed by atoms with E-state index in [1.54, 1.807) is 11.3 Å². The van der Waals surface area contributed by atoms with E-state index in [4.69, 9.17) is 14.5 Å². The van der Waals surface area contributed by atoms with E-state index < -0.39 is 0 Å². The molecule has 1 N–H and O–H groups in total. The topological polar surface area (TPSA) is 63.3 Å². The van der Waals surface area contributed by atoms with Crippen LogP contribution in [-0.4, -0.2) is 15.9 Å². The van der Waals surface area contributed by atoms with E-state index in [0.717, 1.165) is 38.7 Å². The summed E-state index contributed by atoms with van der Waals surface area (Å²) in [7, 11) is 0. The number of hydrogen-bond acceptors (Lipinski definition) is 5. The second-order valence-corrected chi connectivity index (χ2v) is 11.7. The number of aromatic nitrogens is 1. The Morgan fingerprint density at radius 1 is 0.975 bits per heavy atom. The first-order valence-electron chi connectivity index (χ1n) is 12.8. The minimum Gasteiger partial charge on any atom is -0.512 e. The van der Waals surface area contributed by atoms with Crippen molar-refractivity contribution in [3.8, 4) is 21.7 Å². The number of aliphatic hydroxyl groups excluding tert-OH is 1. The van der Waals surface area contributed by atoms with Crippen LogP contribution in [0.1, 0.15) is 40.2 Å². The van der Waals surface area contributed by atoms with Crippen LogP contribution in [-0.2, 0) is 30.3 Å². The van der Waals surface area contributed by atoms with Crippen LogP contribution in [0.25, 0.3) is 53.9 Å². The van der Waals surface area contributed by atoms with Crippen LogP contribution in [0.2, 0.25) is 0 Å². The monoisotopic (exact) mass is 725 g/mol. The maximum atomic E-state index is 10.0. The third-order valence-electron chi connectivity index (χ3n) is 6.42. The van der Waals surface area contributed by atoms with Gasteiger partial charge in [0, 0.05) is 36.4 Å². The van der Waals surface area contributed by atoms with Gasteiger partial charge in [-0.3, -0.25) is 9.78 Å². The summed E-state index contributed by atoms with van der Waals surface area (Å²) in [6.07, 6.45) is 1.17. The summed E-state index contributed by atoms with van der Waals surface area (Å²) in [6, 6.07) is 30.8. The zero-order valence-corrected chi connectivity index (χ0v) is 26.2. The Kier molecular flexibility index (Phi) is 8.74. The molecule has 6 aromatic rings. The molecule has 40 heavy (non-hydrogen) atoms. The first-order chi connectivity index (χ1) is 18.6. The van der Waals surface area contributed by atoms with Crippen LogP contribution in [0.15, 0.2) is 95.1 Å². The Labute approximate surface area is 251 Å². The normalized spacial score (nSPS) is 11.8. The number of thiophene rings is 1. The molecule has 0 bridgehead atoms. The number of benzene rings is 3. The average molecular weight is 725 g/mol. The number of hydrogen-bond donors (Lipinski definition) is 1. The van der Waals surface area contributed by atoms with Crippen LogP contribution in [0.5, 0.6) is 0 Å². The predicted molar refractivity (Wildman–Crippen MR) is 162 cm³/mol. The molecule has 0 aliphatic rings. The third-order valence-corrected chi connectivity index (χ3v) is 7.55. The van der Waals surface area contributed by atoms with E-state index in [9.17, 15) is 4.79 Å². The first kappa shape index (κ1) is 29.4. The zero-order valence-electron chi connectivity index (χ0n) is 23.0. The number of allylic oxidation sites excluding steroid dienone is 2. The minimum atomic E-state index is -0.125. The van der Waals surface area contributed by atoms with E-state index in [1.807, 2.05) is 24.3 Å². The van der Waals surface area contributed by atoms with Gasteiger partial charge in [-0.15, -0.1) is 29.5 Å². The van der Waals surface area contributed by atoms with Gasteiger partial charge in [0.1, 0.15) is 5.58 Å². The Balaban J connectivity index is 0.000000413. The summed E-state index contributed by atoms with van der Waals surface area (Å²) in [6.45, 7) is 9.58. The van der Waals surface area contributed by atoms with E-state index in [0.29, 0.717) is 0 Å². The number of furan rings is 1. The Morgan fingerprint density at radius 3 is 2.35 bits per heavy atom. The van der Waals surface area contributed by atoms with Gasteiger partial charge in [0.05, 0.1) is 21.6 Å². The summed E-state index contributed by atoms with van der Waals surface area (Å²) in [5.41, 5.74) is 7.25. The molecule has 0 saturated carbocycles. The second-order valence-electron chi connectivity index (χ2n) is 10.6. The van der Waals surface area contributed by atoms with Crippen LogP contribution in [0.3, 0.4) is 0 Å². The minimum absolute atomic E-state index is 0. The maximum absolute atomic E-state index is 10.0. The predicted octanol–water partition coefficient (Wildman–Crippen LogP) is 9.66. The van der Waals surface area contributed by atoms with Gasteiger partial charge in [-0.05, 0) is 54.3 Å². The molecule has 0 atom stereocenters. The fraction of sp³-hybridized carbons (Fsp3) is 0.176. The van der Waals surface area contributed by atoms with Crippen LogP contribution < -0.4 is 0 Å². The van der Waals surface area contributed by atoms with E-state index in [2.05, 4.69) is 81.4 Å². The summed E-state index contributed by atoms with van der Waals surface area (Å²) in [5, 5.41) is 10.6. The smallest absolute Gasteiger partial charge is 0.155 e. The fourth-order valence-electron chi connectivity index (χ4n) is 4.51. The molecule has 1 radical (unpaired) electrons. The van der Waals surface area contributed by atoms with Crippen LogP contribution in [0.4, 0.5) is 0 Å². The van der Waals surface area contributed by atoms with Gasteiger partial charge in [0.25, 0.3) is 0 Å². The quantitative estimate of drug-likeness (QED) is 0.112. The van der Waals surface area contributed by atoms with Crippen molar-refractivity contribution in [2.45, 2.75) is 40.0 Å². The standard InChI is InChI=1S/C29H22NOS.C5H8O2.Ir/c1-29(2,3)19-13-11-18(12-14-19)27-17-24-26(32-27)16-15-23(30-24)22-9-6-8-21-20-7-4-5-10-25(20)31-28(21)22;1-4(6)3-5(2)7;/h4-8,10-17H,1-3H3;3,6H,1-2H3;/q-1;;/b;4-3-;.